The van der Waals surface area contributed by atoms with Crippen molar-refractivity contribution in [2.45, 2.75) is 4.90 Å². The van der Waals surface area contributed by atoms with E-state index in [1.54, 1.807) is 30.3 Å². The van der Waals surface area contributed by atoms with E-state index in [-0.39, 0.29) is 10.8 Å². The Morgan fingerprint density at radius 2 is 1.83 bits per heavy atom. The van der Waals surface area contributed by atoms with E-state index >= 15 is 0 Å². The molecule has 2 N–H and O–H groups in total. The lowest BCUT2D eigenvalue weighted by Gasteiger charge is -2.27. The van der Waals surface area contributed by atoms with Crippen LogP contribution in [0.3, 0.4) is 0 Å². The minimum absolute atomic E-state index is 0.138. The van der Waals surface area contributed by atoms with E-state index < -0.39 is 9.84 Å². The first-order valence-electron chi connectivity index (χ1n) is 8.99. The van der Waals surface area contributed by atoms with Crippen LogP contribution in [0.4, 0.5) is 17.2 Å². The number of allylic oxidation sites excluding steroid dienone is 1. The molecule has 6 nitrogen and oxygen atoms in total. The van der Waals surface area contributed by atoms with E-state index in [0.717, 1.165) is 23.2 Å². The second-order valence-corrected chi connectivity index (χ2v) is 9.33. The van der Waals surface area contributed by atoms with Crippen LogP contribution in [0.15, 0.2) is 77.8 Å². The average molecular weight is 440 g/mol. The highest BCUT2D eigenvalue weighted by Gasteiger charge is 2.23. The predicted molar refractivity (Wildman–Crippen MR) is 120 cm³/mol. The van der Waals surface area contributed by atoms with E-state index in [1.165, 1.54) is 12.1 Å². The second-order valence-electron chi connectivity index (χ2n) is 6.88. The molecule has 0 radical (unpaired) electrons. The fourth-order valence-corrected chi connectivity index (χ4v) is 3.98. The first kappa shape index (κ1) is 20.0. The molecule has 0 saturated carbocycles. The lowest BCUT2D eigenvalue weighted by Crippen LogP contribution is -2.18. The van der Waals surface area contributed by atoms with Crippen molar-refractivity contribution in [3.63, 3.8) is 0 Å². The second kappa shape index (κ2) is 7.51. The normalized spacial score (nSPS) is 13.3. The molecule has 152 valence electrons. The molecule has 3 aromatic rings. The molecule has 0 saturated heterocycles. The summed E-state index contributed by atoms with van der Waals surface area (Å²) in [6.45, 7) is 4.08. The largest absolute Gasteiger partial charge is 0.336 e. The third kappa shape index (κ3) is 3.90. The summed E-state index contributed by atoms with van der Waals surface area (Å²) in [7, 11) is -3.37. The average Bonchev–Trinajstić information content (AvgIpc) is 3.13. The van der Waals surface area contributed by atoms with E-state index in [1.807, 2.05) is 29.2 Å². The van der Waals surface area contributed by atoms with Gasteiger partial charge in [-0.15, -0.1) is 0 Å². The number of fused-ring (bicyclic) bond motifs is 1. The number of nitrogens with one attached hydrogen (secondary N) is 2. The SMILES string of the molecule is C=C1C=Cc2cc(C(=O)Nc3cccc(S(C)(=O)=O)c3)[nH]c2N1c1ccc(Cl)cc1. The fourth-order valence-electron chi connectivity index (χ4n) is 3.19. The maximum absolute atomic E-state index is 12.8. The van der Waals surface area contributed by atoms with Gasteiger partial charge in [-0.05, 0) is 60.7 Å². The molecule has 4 rings (SSSR count). The van der Waals surface area contributed by atoms with Crippen molar-refractivity contribution in [2.75, 3.05) is 16.5 Å². The first-order valence-corrected chi connectivity index (χ1v) is 11.3. The molecule has 0 unspecified atom stereocenters. The zero-order valence-corrected chi connectivity index (χ0v) is 17.6. The van der Waals surface area contributed by atoms with E-state index in [9.17, 15) is 13.2 Å². The summed E-state index contributed by atoms with van der Waals surface area (Å²) in [6, 6.07) is 15.2. The number of benzene rings is 2. The number of carbonyl (C=O) groups excluding carboxylic acids is 1. The van der Waals surface area contributed by atoms with Crippen molar-refractivity contribution in [1.82, 2.24) is 4.98 Å². The Morgan fingerprint density at radius 1 is 1.10 bits per heavy atom. The van der Waals surface area contributed by atoms with Gasteiger partial charge in [0.2, 0.25) is 0 Å². The summed E-state index contributed by atoms with van der Waals surface area (Å²) in [6.07, 6.45) is 4.86. The van der Waals surface area contributed by atoms with Gasteiger partial charge in [0.15, 0.2) is 9.84 Å². The molecule has 0 aliphatic carbocycles. The molecule has 0 bridgehead atoms. The van der Waals surface area contributed by atoms with Crippen LogP contribution in [0.2, 0.25) is 5.02 Å². The molecule has 1 aromatic heterocycles. The molecule has 0 spiro atoms. The number of hydrogen-bond acceptors (Lipinski definition) is 4. The third-order valence-corrected chi connectivity index (χ3v) is 6.00. The molecular formula is C22H18ClN3O3S. The highest BCUT2D eigenvalue weighted by Crippen LogP contribution is 2.37. The number of aromatic nitrogens is 1. The Kier molecular flexibility index (Phi) is 5.01. The number of halogens is 1. The monoisotopic (exact) mass is 439 g/mol. The van der Waals surface area contributed by atoms with Crippen molar-refractivity contribution in [2.24, 2.45) is 0 Å². The van der Waals surface area contributed by atoms with E-state index in [2.05, 4.69) is 16.9 Å². The van der Waals surface area contributed by atoms with Gasteiger partial charge in [0.25, 0.3) is 5.91 Å². The number of rotatable bonds is 4. The molecule has 8 heteroatoms. The number of carbonyl (C=O) groups is 1. The van der Waals surface area contributed by atoms with Crippen LogP contribution in [-0.4, -0.2) is 25.6 Å². The van der Waals surface area contributed by atoms with Crippen molar-refractivity contribution in [1.29, 1.82) is 0 Å². The maximum Gasteiger partial charge on any atom is 0.272 e. The molecule has 1 aliphatic heterocycles. The summed E-state index contributed by atoms with van der Waals surface area (Å²) >= 11 is 6.00. The molecule has 30 heavy (non-hydrogen) atoms. The predicted octanol–water partition coefficient (Wildman–Crippen LogP) is 5.00. The van der Waals surface area contributed by atoms with Gasteiger partial charge in [-0.2, -0.15) is 0 Å². The van der Waals surface area contributed by atoms with Gasteiger partial charge < -0.3 is 10.3 Å². The van der Waals surface area contributed by atoms with Gasteiger partial charge in [0.1, 0.15) is 11.5 Å². The Balaban J connectivity index is 1.64. The van der Waals surface area contributed by atoms with Crippen LogP contribution in [0.25, 0.3) is 6.08 Å². The number of aromatic amines is 1. The van der Waals surface area contributed by atoms with Crippen molar-refractivity contribution in [3.8, 4) is 0 Å². The van der Waals surface area contributed by atoms with Crippen LogP contribution >= 0.6 is 11.6 Å². The number of amides is 1. The van der Waals surface area contributed by atoms with Gasteiger partial charge in [-0.25, -0.2) is 8.42 Å². The quantitative estimate of drug-likeness (QED) is 0.599. The first-order chi connectivity index (χ1) is 14.2. The smallest absolute Gasteiger partial charge is 0.272 e. The lowest BCUT2D eigenvalue weighted by molar-refractivity contribution is 0.102. The zero-order valence-electron chi connectivity index (χ0n) is 16.0. The van der Waals surface area contributed by atoms with Gasteiger partial charge in [0.05, 0.1) is 4.90 Å². The molecule has 0 atom stereocenters. The summed E-state index contributed by atoms with van der Waals surface area (Å²) < 4.78 is 23.5. The molecule has 0 fully saturated rings. The number of H-pyrrole nitrogens is 1. The summed E-state index contributed by atoms with van der Waals surface area (Å²) in [5.74, 6) is 0.324. The van der Waals surface area contributed by atoms with Crippen LogP contribution in [0, 0.1) is 0 Å². The molecule has 1 amide bonds. The van der Waals surface area contributed by atoms with E-state index in [0.29, 0.717) is 22.2 Å². The number of anilines is 3. The summed E-state index contributed by atoms with van der Waals surface area (Å²) in [4.78, 5) is 18.0. The minimum Gasteiger partial charge on any atom is -0.336 e. The number of nitrogens with zero attached hydrogens (tertiary/aromatic N) is 1. The lowest BCUT2D eigenvalue weighted by atomic mass is 10.1. The Morgan fingerprint density at radius 3 is 2.53 bits per heavy atom. The van der Waals surface area contributed by atoms with Crippen LogP contribution in [-0.2, 0) is 9.84 Å². The number of sulfone groups is 1. The summed E-state index contributed by atoms with van der Waals surface area (Å²) in [5, 5.41) is 3.36. The van der Waals surface area contributed by atoms with Gasteiger partial charge in [-0.3, -0.25) is 9.69 Å². The topological polar surface area (TPSA) is 82.3 Å². The highest BCUT2D eigenvalue weighted by atomic mass is 35.5. The molecular weight excluding hydrogens is 422 g/mol. The Bertz CT molecular complexity index is 1290. The molecule has 2 aromatic carbocycles. The fraction of sp³-hybridized carbons (Fsp3) is 0.0455. The van der Waals surface area contributed by atoms with Gasteiger partial charge >= 0.3 is 0 Å². The highest BCUT2D eigenvalue weighted by molar-refractivity contribution is 7.90. The number of hydrogen-bond donors (Lipinski definition) is 2. The summed E-state index contributed by atoms with van der Waals surface area (Å²) in [5.41, 5.74) is 3.14. The standard InChI is InChI=1S/C22H18ClN3O3S/c1-14-6-7-15-12-20(25-21(15)26(14)18-10-8-16(23)9-11-18)22(27)24-17-4-3-5-19(13-17)30(2,28)29/h3-13,25H,1H2,2H3,(H,24,27). The van der Waals surface area contributed by atoms with Crippen molar-refractivity contribution >= 4 is 50.6 Å². The van der Waals surface area contributed by atoms with Gasteiger partial charge in [-0.1, -0.05) is 24.2 Å². The maximum atomic E-state index is 12.8. The van der Waals surface area contributed by atoms with Crippen LogP contribution in [0.1, 0.15) is 16.1 Å². The van der Waals surface area contributed by atoms with Crippen molar-refractivity contribution in [3.05, 3.63) is 89.2 Å². The molecule has 1 aliphatic rings. The minimum atomic E-state index is -3.37. The van der Waals surface area contributed by atoms with Crippen LogP contribution < -0.4 is 10.2 Å². The van der Waals surface area contributed by atoms with Crippen molar-refractivity contribution < 1.29 is 13.2 Å². The Labute approximate surface area is 179 Å². The molecule has 2 heterocycles. The zero-order chi connectivity index (χ0) is 21.5. The third-order valence-electron chi connectivity index (χ3n) is 4.64. The van der Waals surface area contributed by atoms with Crippen LogP contribution in [0.5, 0.6) is 0 Å². The Hall–Kier alpha value is -3.29. The van der Waals surface area contributed by atoms with E-state index in [4.69, 9.17) is 11.6 Å². The van der Waals surface area contributed by atoms with Gasteiger partial charge in [0, 0.05) is 33.9 Å².